The number of anilines is 2. The van der Waals surface area contributed by atoms with Crippen LogP contribution in [0, 0.1) is 0 Å². The van der Waals surface area contributed by atoms with Crippen molar-refractivity contribution in [1.29, 1.82) is 0 Å². The number of nitrogens with one attached hydrogen (secondary N) is 3. The van der Waals surface area contributed by atoms with Gasteiger partial charge in [-0.15, -0.1) is 0 Å². The molecule has 8 nitrogen and oxygen atoms in total. The zero-order valence-electron chi connectivity index (χ0n) is 21.8. The Hall–Kier alpha value is -3.27. The van der Waals surface area contributed by atoms with Crippen LogP contribution in [0.4, 0.5) is 11.6 Å². The van der Waals surface area contributed by atoms with E-state index < -0.39 is 9.52 Å². The Labute approximate surface area is 221 Å². The van der Waals surface area contributed by atoms with E-state index in [1.807, 2.05) is 24.3 Å². The first kappa shape index (κ1) is 25.4. The van der Waals surface area contributed by atoms with Crippen molar-refractivity contribution in [2.45, 2.75) is 37.3 Å². The predicted molar refractivity (Wildman–Crippen MR) is 151 cm³/mol. The van der Waals surface area contributed by atoms with Crippen molar-refractivity contribution in [2.24, 2.45) is 0 Å². The van der Waals surface area contributed by atoms with Gasteiger partial charge in [0.2, 0.25) is 5.91 Å². The fourth-order valence-corrected chi connectivity index (χ4v) is 6.62. The number of amides is 1. The fourth-order valence-electron chi connectivity index (χ4n) is 4.86. The smallest absolute Gasteiger partial charge is 0.236 e. The maximum absolute atomic E-state index is 13.0. The fraction of sp³-hybridized carbons (Fsp3) is 0.393. The van der Waals surface area contributed by atoms with Gasteiger partial charge < -0.3 is 25.8 Å². The van der Waals surface area contributed by atoms with E-state index in [0.717, 1.165) is 49.1 Å². The number of benzene rings is 1. The molecule has 0 aliphatic carbocycles. The second kappa shape index (κ2) is 11.4. The quantitative estimate of drug-likeness (QED) is 0.356. The number of hydrogen-bond acceptors (Lipinski definition) is 7. The Morgan fingerprint density at radius 2 is 1.70 bits per heavy atom. The number of likely N-dealkylation sites (N-methyl/N-ethyl adjacent to an activating group) is 1. The van der Waals surface area contributed by atoms with E-state index >= 15 is 0 Å². The van der Waals surface area contributed by atoms with Gasteiger partial charge in [-0.05, 0) is 48.0 Å². The third kappa shape index (κ3) is 6.36. The van der Waals surface area contributed by atoms with Gasteiger partial charge in [-0.1, -0.05) is 43.3 Å². The van der Waals surface area contributed by atoms with Crippen LogP contribution in [0.3, 0.4) is 0 Å². The standard InChI is InChI=1S/C28H37N7OSi/c1-21-28(37-21,32-20-24-6-3-4-13-29-24)27(36)31-19-23-11-9-22(10-12-23)18-30-25-7-5-8-26(33-25)35-16-14-34(2)15-17-35/h3-13,21,32H,14-20,37H2,1-2H3,(H,30,33)(H,31,36)/t21?,28-/m0/s1. The summed E-state index contributed by atoms with van der Waals surface area (Å²) >= 11 is 0. The van der Waals surface area contributed by atoms with Gasteiger partial charge in [-0.25, -0.2) is 4.98 Å². The number of nitrogens with zero attached hydrogens (tertiary/aromatic N) is 4. The first-order chi connectivity index (χ1) is 18.0. The summed E-state index contributed by atoms with van der Waals surface area (Å²) in [7, 11) is 1.68. The summed E-state index contributed by atoms with van der Waals surface area (Å²) in [6.45, 7) is 8.19. The Morgan fingerprint density at radius 1 is 0.973 bits per heavy atom. The lowest BCUT2D eigenvalue weighted by Gasteiger charge is -2.33. The molecule has 2 aliphatic heterocycles. The van der Waals surface area contributed by atoms with E-state index in [9.17, 15) is 4.79 Å². The average molecular weight is 516 g/mol. The average Bonchev–Trinajstić information content (AvgIpc) is 3.61. The summed E-state index contributed by atoms with van der Waals surface area (Å²) in [5.74, 6) is 2.04. The van der Waals surface area contributed by atoms with Gasteiger partial charge in [-0.3, -0.25) is 9.78 Å². The molecule has 0 spiro atoms. The van der Waals surface area contributed by atoms with Crippen LogP contribution in [0.15, 0.2) is 66.9 Å². The molecule has 2 fully saturated rings. The molecule has 1 aromatic carbocycles. The highest BCUT2D eigenvalue weighted by Gasteiger charge is 2.57. The third-order valence-electron chi connectivity index (χ3n) is 7.54. The third-order valence-corrected chi connectivity index (χ3v) is 10.1. The van der Waals surface area contributed by atoms with E-state index in [-0.39, 0.29) is 11.1 Å². The van der Waals surface area contributed by atoms with Gasteiger partial charge in [0.15, 0.2) is 0 Å². The number of carbonyl (C=O) groups excluding carboxylic acids is 1. The molecule has 2 saturated heterocycles. The maximum atomic E-state index is 13.0. The number of rotatable bonds is 10. The van der Waals surface area contributed by atoms with Gasteiger partial charge >= 0.3 is 0 Å². The SMILES string of the molecule is CC1[SiH2][C@]1(NCc1ccccn1)C(=O)NCc1ccc(CNc2cccc(N3CCN(C)CC3)n2)cc1. The number of aromatic nitrogens is 2. The predicted octanol–water partition coefficient (Wildman–Crippen LogP) is 1.93. The summed E-state index contributed by atoms with van der Waals surface area (Å²) in [6.07, 6.45) is 1.79. The summed E-state index contributed by atoms with van der Waals surface area (Å²) < 4.78 is 0. The van der Waals surface area contributed by atoms with Crippen LogP contribution in [0.2, 0.25) is 5.54 Å². The highest BCUT2D eigenvalue weighted by molar-refractivity contribution is 6.64. The molecule has 2 atom stereocenters. The first-order valence-electron chi connectivity index (χ1n) is 13.2. The Bertz CT molecular complexity index is 1180. The number of carbonyl (C=O) groups is 1. The second-order valence-corrected chi connectivity index (χ2v) is 13.0. The monoisotopic (exact) mass is 515 g/mol. The van der Waals surface area contributed by atoms with Crippen LogP contribution < -0.4 is 20.9 Å². The molecule has 9 heteroatoms. The number of pyridine rings is 2. The minimum atomic E-state index is -0.487. The van der Waals surface area contributed by atoms with Crippen molar-refractivity contribution in [2.75, 3.05) is 43.4 Å². The van der Waals surface area contributed by atoms with Gasteiger partial charge in [-0.2, -0.15) is 0 Å². The Kier molecular flexibility index (Phi) is 7.83. The summed E-state index contributed by atoms with van der Waals surface area (Å²) in [5, 5.41) is 9.77. The molecule has 1 amide bonds. The lowest BCUT2D eigenvalue weighted by atomic mass is 10.1. The van der Waals surface area contributed by atoms with Crippen molar-refractivity contribution >= 4 is 27.1 Å². The lowest BCUT2D eigenvalue weighted by molar-refractivity contribution is -0.123. The van der Waals surface area contributed by atoms with Crippen molar-refractivity contribution in [3.63, 3.8) is 0 Å². The van der Waals surface area contributed by atoms with Crippen LogP contribution in [0.5, 0.6) is 0 Å². The van der Waals surface area contributed by atoms with Crippen molar-refractivity contribution in [3.8, 4) is 0 Å². The molecule has 2 aliphatic rings. The van der Waals surface area contributed by atoms with Crippen molar-refractivity contribution in [3.05, 3.63) is 83.7 Å². The van der Waals surface area contributed by atoms with Gasteiger partial charge in [0.25, 0.3) is 0 Å². The van der Waals surface area contributed by atoms with E-state index in [1.54, 1.807) is 6.20 Å². The van der Waals surface area contributed by atoms with Gasteiger partial charge in [0, 0.05) is 52.0 Å². The highest BCUT2D eigenvalue weighted by Crippen LogP contribution is 2.39. The molecular formula is C28H37N7OSi. The highest BCUT2D eigenvalue weighted by atomic mass is 28.2. The number of hydrogen-bond donors (Lipinski definition) is 3. The summed E-state index contributed by atoms with van der Waals surface area (Å²) in [4.78, 5) is 26.9. The molecule has 3 N–H and O–H groups in total. The minimum absolute atomic E-state index is 0.125. The lowest BCUT2D eigenvalue weighted by Crippen LogP contribution is -2.48. The molecule has 0 bridgehead atoms. The zero-order valence-corrected chi connectivity index (χ0v) is 23.2. The van der Waals surface area contributed by atoms with Gasteiger partial charge in [0.05, 0.1) is 20.4 Å². The van der Waals surface area contributed by atoms with E-state index in [4.69, 9.17) is 4.98 Å². The van der Waals surface area contributed by atoms with Gasteiger partial charge in [0.1, 0.15) is 11.6 Å². The van der Waals surface area contributed by atoms with E-state index in [2.05, 4.69) is 81.1 Å². The zero-order chi connectivity index (χ0) is 25.7. The van der Waals surface area contributed by atoms with Crippen LogP contribution >= 0.6 is 0 Å². The van der Waals surface area contributed by atoms with E-state index in [0.29, 0.717) is 25.2 Å². The largest absolute Gasteiger partial charge is 0.366 e. The number of piperazine rings is 1. The summed E-state index contributed by atoms with van der Waals surface area (Å²) in [6, 6.07) is 20.5. The molecule has 4 heterocycles. The van der Waals surface area contributed by atoms with E-state index in [1.165, 1.54) is 5.56 Å². The minimum Gasteiger partial charge on any atom is -0.366 e. The molecule has 194 valence electrons. The molecule has 3 aromatic rings. The van der Waals surface area contributed by atoms with Crippen LogP contribution in [0.1, 0.15) is 23.7 Å². The second-order valence-electron chi connectivity index (χ2n) is 10.3. The van der Waals surface area contributed by atoms with Crippen LogP contribution in [0.25, 0.3) is 0 Å². The van der Waals surface area contributed by atoms with Crippen LogP contribution in [-0.4, -0.2) is 68.7 Å². The Morgan fingerprint density at radius 3 is 2.38 bits per heavy atom. The molecule has 37 heavy (non-hydrogen) atoms. The topological polar surface area (TPSA) is 85.4 Å². The normalized spacial score (nSPS) is 22.1. The molecule has 0 saturated carbocycles. The molecule has 2 aromatic heterocycles. The maximum Gasteiger partial charge on any atom is 0.236 e. The summed E-state index contributed by atoms with van der Waals surface area (Å²) in [5.41, 5.74) is 3.70. The molecule has 1 unspecified atom stereocenters. The van der Waals surface area contributed by atoms with Crippen molar-refractivity contribution < 1.29 is 4.79 Å². The first-order valence-corrected chi connectivity index (χ1v) is 14.7. The molecule has 0 radical (unpaired) electrons. The van der Waals surface area contributed by atoms with Crippen molar-refractivity contribution in [1.82, 2.24) is 25.5 Å². The molecular weight excluding hydrogens is 478 g/mol. The van der Waals surface area contributed by atoms with Crippen LogP contribution in [-0.2, 0) is 24.4 Å². The molecule has 5 rings (SSSR count). The Balaban J connectivity index is 1.09.